The van der Waals surface area contributed by atoms with Crippen molar-refractivity contribution in [3.63, 3.8) is 0 Å². The number of benzene rings is 3. The summed E-state index contributed by atoms with van der Waals surface area (Å²) in [5, 5.41) is 11.3. The van der Waals surface area contributed by atoms with Gasteiger partial charge in [-0.25, -0.2) is 9.07 Å². The number of nitrogens with zero attached hydrogens (tertiary/aromatic N) is 4. The second-order valence-electron chi connectivity index (χ2n) is 9.66. The lowest BCUT2D eigenvalue weighted by atomic mass is 10.0. The Morgan fingerprint density at radius 2 is 1.82 bits per heavy atom. The van der Waals surface area contributed by atoms with Crippen LogP contribution < -0.4 is 19.7 Å². The normalized spacial score (nSPS) is 17.0. The van der Waals surface area contributed by atoms with Crippen LogP contribution in [0.3, 0.4) is 0 Å². The van der Waals surface area contributed by atoms with Crippen LogP contribution in [0.1, 0.15) is 24.4 Å². The molecule has 3 aromatic carbocycles. The molecule has 1 fully saturated rings. The monoisotopic (exact) mass is 545 g/mol. The maximum absolute atomic E-state index is 14.2. The molecule has 3 heterocycles. The van der Waals surface area contributed by atoms with Gasteiger partial charge >= 0.3 is 0 Å². The van der Waals surface area contributed by atoms with Gasteiger partial charge in [0, 0.05) is 24.9 Å². The summed E-state index contributed by atoms with van der Waals surface area (Å²) in [6, 6.07) is 16.8. The lowest BCUT2D eigenvalue weighted by molar-refractivity contribution is -0.127. The van der Waals surface area contributed by atoms with Crippen molar-refractivity contribution in [2.24, 2.45) is 0 Å². The van der Waals surface area contributed by atoms with E-state index in [0.29, 0.717) is 60.1 Å². The molecule has 2 amide bonds. The van der Waals surface area contributed by atoms with E-state index in [0.717, 1.165) is 12.8 Å². The zero-order chi connectivity index (χ0) is 27.5. The summed E-state index contributed by atoms with van der Waals surface area (Å²) in [5.74, 6) is -0.285. The zero-order valence-electron chi connectivity index (χ0n) is 21.7. The fourth-order valence-electron chi connectivity index (χ4n) is 5.04. The highest BCUT2D eigenvalue weighted by atomic mass is 19.1. The fraction of sp³-hybridized carbons (Fsp3) is 0.310. The molecule has 2 aliphatic rings. The van der Waals surface area contributed by atoms with Gasteiger partial charge in [0.2, 0.25) is 11.8 Å². The number of ether oxygens (including phenoxy) is 3. The van der Waals surface area contributed by atoms with E-state index in [1.54, 1.807) is 18.2 Å². The Hall–Kier alpha value is -4.51. The van der Waals surface area contributed by atoms with Crippen molar-refractivity contribution in [3.8, 4) is 11.5 Å². The maximum Gasteiger partial charge on any atom is 0.249 e. The minimum Gasteiger partial charge on any atom is -0.486 e. The number of anilines is 1. The van der Waals surface area contributed by atoms with Gasteiger partial charge in [-0.2, -0.15) is 0 Å². The first kappa shape index (κ1) is 25.8. The van der Waals surface area contributed by atoms with E-state index in [-0.39, 0.29) is 12.6 Å². The highest BCUT2D eigenvalue weighted by molar-refractivity contribution is 6.01. The number of rotatable bonds is 8. The highest BCUT2D eigenvalue weighted by Crippen LogP contribution is 2.37. The summed E-state index contributed by atoms with van der Waals surface area (Å²) < 4.78 is 32.5. The summed E-state index contributed by atoms with van der Waals surface area (Å²) in [7, 11) is 0. The Balaban J connectivity index is 1.40. The third kappa shape index (κ3) is 5.32. The molecule has 0 aliphatic carbocycles. The minimum absolute atomic E-state index is 0.0993. The smallest absolute Gasteiger partial charge is 0.249 e. The summed E-state index contributed by atoms with van der Waals surface area (Å²) in [4.78, 5) is 29.4. The summed E-state index contributed by atoms with van der Waals surface area (Å²) >= 11 is 0. The van der Waals surface area contributed by atoms with E-state index in [1.165, 1.54) is 33.8 Å². The van der Waals surface area contributed by atoms with Crippen molar-refractivity contribution in [1.29, 1.82) is 0 Å². The molecule has 2 atom stereocenters. The van der Waals surface area contributed by atoms with Crippen molar-refractivity contribution in [2.45, 2.75) is 31.5 Å². The molecular weight excluding hydrogens is 517 g/mol. The first-order valence-electron chi connectivity index (χ1n) is 13.2. The molecule has 11 heteroatoms. The molecule has 0 unspecified atom stereocenters. The Bertz CT molecular complexity index is 1520. The van der Waals surface area contributed by atoms with Crippen molar-refractivity contribution >= 4 is 28.5 Å². The largest absolute Gasteiger partial charge is 0.486 e. The van der Waals surface area contributed by atoms with Gasteiger partial charge in [-0.15, -0.1) is 5.10 Å². The molecule has 2 aliphatic heterocycles. The Morgan fingerprint density at radius 3 is 2.62 bits per heavy atom. The van der Waals surface area contributed by atoms with Crippen LogP contribution in [0.15, 0.2) is 66.7 Å². The maximum atomic E-state index is 14.2. The van der Waals surface area contributed by atoms with Gasteiger partial charge in [-0.05, 0) is 54.8 Å². The summed E-state index contributed by atoms with van der Waals surface area (Å²) in [6.45, 7) is 1.53. The molecular formula is C29H28FN5O5. The number of nitrogens with one attached hydrogen (secondary N) is 1. The van der Waals surface area contributed by atoms with Crippen molar-refractivity contribution < 1.29 is 28.2 Å². The molecule has 0 radical (unpaired) electrons. The van der Waals surface area contributed by atoms with Gasteiger partial charge < -0.3 is 19.5 Å². The number of fused-ring (bicyclic) bond motifs is 2. The molecule has 40 heavy (non-hydrogen) atoms. The number of hydrogen-bond acceptors (Lipinski definition) is 7. The van der Waals surface area contributed by atoms with Gasteiger partial charge in [0.1, 0.15) is 37.1 Å². The van der Waals surface area contributed by atoms with E-state index in [2.05, 4.69) is 15.6 Å². The molecule has 6 rings (SSSR count). The average molecular weight is 546 g/mol. The fourth-order valence-corrected chi connectivity index (χ4v) is 5.04. The standard InChI is InChI=1S/C29H28FN5O5/c30-20-9-7-19(8-10-20)28(29(37)31-17-22-4-3-13-38-22)35(21-11-12-25-26(16-21)40-15-14-39-25)27(36)18-34-24-6-2-1-5-23(24)32-33-34/h1-2,5-12,16,22,28H,3-4,13-15,17-18H2,(H,31,37)/t22-,28+/m0/s1. The number of aromatic nitrogens is 3. The second-order valence-corrected chi connectivity index (χ2v) is 9.66. The number of carbonyl (C=O) groups excluding carboxylic acids is 2. The molecule has 1 aromatic heterocycles. The lowest BCUT2D eigenvalue weighted by Gasteiger charge is -2.32. The van der Waals surface area contributed by atoms with E-state index >= 15 is 0 Å². The number of amides is 2. The topological polar surface area (TPSA) is 108 Å². The van der Waals surface area contributed by atoms with Crippen LogP contribution in [0.4, 0.5) is 10.1 Å². The SMILES string of the molecule is O=C(NC[C@@H]1CCCO1)[C@@H](c1ccc(F)cc1)N(C(=O)Cn1nnc2ccccc21)c1ccc2c(c1)OCCO2. The van der Waals surface area contributed by atoms with E-state index in [9.17, 15) is 14.0 Å². The van der Waals surface area contributed by atoms with E-state index < -0.39 is 23.7 Å². The van der Waals surface area contributed by atoms with Crippen LogP contribution in [0.25, 0.3) is 11.0 Å². The van der Waals surface area contributed by atoms with Crippen LogP contribution in [-0.4, -0.2) is 59.3 Å². The number of hydrogen-bond donors (Lipinski definition) is 1. The average Bonchev–Trinajstić information content (AvgIpc) is 3.65. The van der Waals surface area contributed by atoms with Crippen LogP contribution in [0.2, 0.25) is 0 Å². The number of halogens is 1. The van der Waals surface area contributed by atoms with Crippen molar-refractivity contribution in [1.82, 2.24) is 20.3 Å². The van der Waals surface area contributed by atoms with Gasteiger partial charge in [0.15, 0.2) is 11.5 Å². The van der Waals surface area contributed by atoms with Gasteiger partial charge in [0.25, 0.3) is 0 Å². The number of carbonyl (C=O) groups is 2. The van der Waals surface area contributed by atoms with Gasteiger partial charge in [-0.3, -0.25) is 14.5 Å². The second kappa shape index (κ2) is 11.3. The molecule has 1 saturated heterocycles. The Kier molecular flexibility index (Phi) is 7.28. The molecule has 0 bridgehead atoms. The first-order chi connectivity index (χ1) is 19.6. The molecule has 1 N–H and O–H groups in total. The summed E-state index contributed by atoms with van der Waals surface area (Å²) in [5.41, 5.74) is 2.18. The van der Waals surface area contributed by atoms with E-state index in [1.807, 2.05) is 24.3 Å². The first-order valence-corrected chi connectivity index (χ1v) is 13.2. The Morgan fingerprint density at radius 1 is 1.02 bits per heavy atom. The third-order valence-electron chi connectivity index (χ3n) is 7.00. The third-order valence-corrected chi connectivity index (χ3v) is 7.00. The predicted molar refractivity (Wildman–Crippen MR) is 144 cm³/mol. The lowest BCUT2D eigenvalue weighted by Crippen LogP contribution is -2.46. The van der Waals surface area contributed by atoms with Gasteiger partial charge in [0.05, 0.1) is 11.6 Å². The Labute approximate surface area is 229 Å². The van der Waals surface area contributed by atoms with Crippen LogP contribution >= 0.6 is 0 Å². The molecule has 4 aromatic rings. The highest BCUT2D eigenvalue weighted by Gasteiger charge is 2.34. The van der Waals surface area contributed by atoms with Gasteiger partial charge in [-0.1, -0.05) is 29.5 Å². The van der Waals surface area contributed by atoms with Crippen molar-refractivity contribution in [2.75, 3.05) is 31.3 Å². The van der Waals surface area contributed by atoms with E-state index in [4.69, 9.17) is 14.2 Å². The predicted octanol–water partition coefficient (Wildman–Crippen LogP) is 3.41. The van der Waals surface area contributed by atoms with Crippen LogP contribution in [0, 0.1) is 5.82 Å². The molecule has 10 nitrogen and oxygen atoms in total. The molecule has 0 spiro atoms. The number of para-hydroxylation sites is 1. The summed E-state index contributed by atoms with van der Waals surface area (Å²) in [6.07, 6.45) is 1.67. The molecule has 0 saturated carbocycles. The van der Waals surface area contributed by atoms with Crippen LogP contribution in [0.5, 0.6) is 11.5 Å². The van der Waals surface area contributed by atoms with Crippen LogP contribution in [-0.2, 0) is 20.9 Å². The van der Waals surface area contributed by atoms with Crippen molar-refractivity contribution in [3.05, 3.63) is 78.1 Å². The minimum atomic E-state index is -1.12. The quantitative estimate of drug-likeness (QED) is 0.362. The zero-order valence-corrected chi connectivity index (χ0v) is 21.7. The molecule has 206 valence electrons.